The van der Waals surface area contributed by atoms with E-state index in [1.165, 1.54) is 12.1 Å². The van der Waals surface area contributed by atoms with Gasteiger partial charge in [0.05, 0.1) is 5.56 Å². The van der Waals surface area contributed by atoms with Crippen LogP contribution in [0.15, 0.2) is 36.4 Å². The molecular weight excluding hydrogens is 218 g/mol. The predicted octanol–water partition coefficient (Wildman–Crippen LogP) is 2.29. The first kappa shape index (κ1) is 11.4. The van der Waals surface area contributed by atoms with Crippen LogP contribution in [0.1, 0.15) is 23.2 Å². The molecule has 1 aliphatic carbocycles. The van der Waals surface area contributed by atoms with Crippen LogP contribution in [0.2, 0.25) is 0 Å². The van der Waals surface area contributed by atoms with E-state index >= 15 is 0 Å². The first-order chi connectivity index (χ1) is 8.16. The number of benzene rings is 1. The van der Waals surface area contributed by atoms with Gasteiger partial charge >= 0.3 is 5.97 Å². The molecule has 0 heterocycles. The lowest BCUT2D eigenvalue weighted by molar-refractivity contribution is -0.119. The van der Waals surface area contributed by atoms with E-state index in [2.05, 4.69) is 5.32 Å². The molecule has 4 nitrogen and oxygen atoms in total. The second kappa shape index (κ2) is 4.82. The minimum absolute atomic E-state index is 0.0246. The highest BCUT2D eigenvalue weighted by molar-refractivity contribution is 5.95. The molecule has 1 amide bonds. The van der Waals surface area contributed by atoms with Gasteiger partial charge in [-0.05, 0) is 31.0 Å². The number of rotatable bonds is 3. The number of carbonyl (C=O) groups is 2. The van der Waals surface area contributed by atoms with Gasteiger partial charge in [-0.2, -0.15) is 0 Å². The third-order valence-corrected chi connectivity index (χ3v) is 2.76. The van der Waals surface area contributed by atoms with E-state index in [4.69, 9.17) is 5.11 Å². The molecule has 1 aliphatic rings. The highest BCUT2D eigenvalue weighted by Crippen LogP contribution is 2.20. The fourth-order valence-corrected chi connectivity index (χ4v) is 1.81. The Morgan fingerprint density at radius 2 is 1.94 bits per heavy atom. The first-order valence-corrected chi connectivity index (χ1v) is 5.46. The van der Waals surface area contributed by atoms with Gasteiger partial charge < -0.3 is 10.4 Å². The smallest absolute Gasteiger partial charge is 0.335 e. The Labute approximate surface area is 99.0 Å². The van der Waals surface area contributed by atoms with Crippen molar-refractivity contribution in [1.82, 2.24) is 0 Å². The van der Waals surface area contributed by atoms with Crippen LogP contribution in [0.25, 0.3) is 0 Å². The molecule has 2 rings (SSSR count). The third-order valence-electron chi connectivity index (χ3n) is 2.76. The fraction of sp³-hybridized carbons (Fsp3) is 0.231. The molecule has 0 fully saturated rings. The molecule has 1 aromatic rings. The summed E-state index contributed by atoms with van der Waals surface area (Å²) < 4.78 is 0. The summed E-state index contributed by atoms with van der Waals surface area (Å²) in [4.78, 5) is 22.6. The lowest BCUT2D eigenvalue weighted by Gasteiger charge is -2.10. The predicted molar refractivity (Wildman–Crippen MR) is 63.9 cm³/mol. The van der Waals surface area contributed by atoms with Gasteiger partial charge in [0.2, 0.25) is 5.91 Å². The number of amides is 1. The van der Waals surface area contributed by atoms with Crippen molar-refractivity contribution in [3.8, 4) is 0 Å². The molecule has 0 saturated carbocycles. The Morgan fingerprint density at radius 1 is 1.24 bits per heavy atom. The maximum absolute atomic E-state index is 11.8. The van der Waals surface area contributed by atoms with E-state index < -0.39 is 5.97 Å². The van der Waals surface area contributed by atoms with Crippen LogP contribution < -0.4 is 5.32 Å². The third kappa shape index (κ3) is 2.72. The van der Waals surface area contributed by atoms with Crippen molar-refractivity contribution in [2.75, 3.05) is 5.32 Å². The summed E-state index contributed by atoms with van der Waals surface area (Å²) in [6.45, 7) is 0. The van der Waals surface area contributed by atoms with E-state index in [1.54, 1.807) is 12.1 Å². The van der Waals surface area contributed by atoms with Gasteiger partial charge in [-0.15, -0.1) is 0 Å². The van der Waals surface area contributed by atoms with E-state index in [0.717, 1.165) is 12.8 Å². The van der Waals surface area contributed by atoms with Crippen molar-refractivity contribution in [3.05, 3.63) is 42.0 Å². The second-order valence-electron chi connectivity index (χ2n) is 4.01. The standard InChI is InChI=1S/C13H13NO3/c15-12(9-4-1-2-5-9)14-11-7-3-6-10(8-11)13(16)17/h1-3,6-9H,4-5H2,(H,14,15)(H,16,17). The van der Waals surface area contributed by atoms with Gasteiger partial charge in [-0.1, -0.05) is 18.2 Å². The Kier molecular flexibility index (Phi) is 3.23. The van der Waals surface area contributed by atoms with E-state index in [9.17, 15) is 9.59 Å². The summed E-state index contributed by atoms with van der Waals surface area (Å²) in [7, 11) is 0. The zero-order valence-electron chi connectivity index (χ0n) is 9.22. The number of allylic oxidation sites excluding steroid dienone is 2. The Balaban J connectivity index is 2.05. The van der Waals surface area contributed by atoms with Crippen LogP contribution in [0, 0.1) is 5.92 Å². The molecule has 0 radical (unpaired) electrons. The molecule has 0 aliphatic heterocycles. The average molecular weight is 231 g/mol. The topological polar surface area (TPSA) is 66.4 Å². The van der Waals surface area contributed by atoms with Crippen LogP contribution in [0.3, 0.4) is 0 Å². The highest BCUT2D eigenvalue weighted by atomic mass is 16.4. The molecule has 0 bridgehead atoms. The quantitative estimate of drug-likeness (QED) is 0.784. The van der Waals surface area contributed by atoms with Gasteiger partial charge in [0.15, 0.2) is 0 Å². The van der Waals surface area contributed by atoms with Crippen LogP contribution in [-0.2, 0) is 4.79 Å². The SMILES string of the molecule is O=C(O)c1cccc(NC(=O)C2CC=CC2)c1. The van der Waals surface area contributed by atoms with Crippen molar-refractivity contribution in [3.63, 3.8) is 0 Å². The summed E-state index contributed by atoms with van der Waals surface area (Å²) in [5.74, 6) is -1.08. The van der Waals surface area contributed by atoms with Crippen LogP contribution in [0.4, 0.5) is 5.69 Å². The number of anilines is 1. The van der Waals surface area contributed by atoms with Crippen molar-refractivity contribution in [2.45, 2.75) is 12.8 Å². The van der Waals surface area contributed by atoms with Crippen molar-refractivity contribution < 1.29 is 14.7 Å². The number of aromatic carboxylic acids is 1. The largest absolute Gasteiger partial charge is 0.478 e. The van der Waals surface area contributed by atoms with Gasteiger partial charge in [-0.25, -0.2) is 4.79 Å². The van der Waals surface area contributed by atoms with Crippen LogP contribution in [-0.4, -0.2) is 17.0 Å². The van der Waals surface area contributed by atoms with E-state index in [0.29, 0.717) is 5.69 Å². The summed E-state index contributed by atoms with van der Waals surface area (Å²) in [6, 6.07) is 6.26. The zero-order valence-corrected chi connectivity index (χ0v) is 9.22. The molecule has 0 aromatic heterocycles. The Bertz CT molecular complexity index is 471. The second-order valence-corrected chi connectivity index (χ2v) is 4.01. The van der Waals surface area contributed by atoms with Crippen molar-refractivity contribution in [1.29, 1.82) is 0 Å². The normalized spacial score (nSPS) is 14.8. The number of hydrogen-bond donors (Lipinski definition) is 2. The fourth-order valence-electron chi connectivity index (χ4n) is 1.81. The summed E-state index contributed by atoms with van der Waals surface area (Å²) in [5, 5.41) is 11.6. The number of carboxylic acids is 1. The number of carbonyl (C=O) groups excluding carboxylic acids is 1. The van der Waals surface area contributed by atoms with E-state index in [1.807, 2.05) is 12.2 Å². The molecule has 88 valence electrons. The molecule has 1 aromatic carbocycles. The molecule has 0 spiro atoms. The number of nitrogens with one attached hydrogen (secondary N) is 1. The summed E-state index contributed by atoms with van der Waals surface area (Å²) >= 11 is 0. The maximum Gasteiger partial charge on any atom is 0.335 e. The van der Waals surface area contributed by atoms with Gasteiger partial charge in [0.25, 0.3) is 0 Å². The van der Waals surface area contributed by atoms with Gasteiger partial charge in [-0.3, -0.25) is 4.79 Å². The molecule has 4 heteroatoms. The lowest BCUT2D eigenvalue weighted by Crippen LogP contribution is -2.20. The van der Waals surface area contributed by atoms with Gasteiger partial charge in [0.1, 0.15) is 0 Å². The van der Waals surface area contributed by atoms with Crippen molar-refractivity contribution in [2.24, 2.45) is 5.92 Å². The molecule has 2 N–H and O–H groups in total. The minimum Gasteiger partial charge on any atom is -0.478 e. The molecule has 0 atom stereocenters. The van der Waals surface area contributed by atoms with Crippen LogP contribution in [0.5, 0.6) is 0 Å². The number of hydrogen-bond acceptors (Lipinski definition) is 2. The summed E-state index contributed by atoms with van der Waals surface area (Å²) in [5.41, 5.74) is 0.703. The Morgan fingerprint density at radius 3 is 2.59 bits per heavy atom. The lowest BCUT2D eigenvalue weighted by atomic mass is 10.1. The van der Waals surface area contributed by atoms with Crippen LogP contribution >= 0.6 is 0 Å². The molecule has 0 unspecified atom stereocenters. The number of carboxylic acid groups (broad SMARTS) is 1. The Hall–Kier alpha value is -2.10. The first-order valence-electron chi connectivity index (χ1n) is 5.46. The monoisotopic (exact) mass is 231 g/mol. The van der Waals surface area contributed by atoms with E-state index in [-0.39, 0.29) is 17.4 Å². The maximum atomic E-state index is 11.8. The molecule has 0 saturated heterocycles. The molecule has 17 heavy (non-hydrogen) atoms. The summed E-state index contributed by atoms with van der Waals surface area (Å²) in [6.07, 6.45) is 5.48. The van der Waals surface area contributed by atoms with Gasteiger partial charge in [0, 0.05) is 11.6 Å². The average Bonchev–Trinajstić information content (AvgIpc) is 2.82. The zero-order chi connectivity index (χ0) is 12.3. The minimum atomic E-state index is -0.997. The molecular formula is C13H13NO3. The highest BCUT2D eigenvalue weighted by Gasteiger charge is 2.19. The van der Waals surface area contributed by atoms with Crippen molar-refractivity contribution >= 4 is 17.6 Å².